The first-order valence-corrected chi connectivity index (χ1v) is 4.27. The fraction of sp³-hybridized carbons (Fsp3) is 0. The summed E-state index contributed by atoms with van der Waals surface area (Å²) in [5.41, 5.74) is 0. The number of phenolic OH excluding ortho intramolecular Hbond substituents is 2. The average Bonchev–Trinajstić information content (AvgIpc) is 2.21. The van der Waals surface area contributed by atoms with Crippen LogP contribution < -0.4 is 0 Å². The Morgan fingerprint density at radius 1 is 0.533 bits per heavy atom. The number of benzene rings is 2. The normalized spacial score (nSPS) is 8.00. The van der Waals surface area contributed by atoms with Gasteiger partial charge in [0, 0.05) is 5.48 Å². The first-order chi connectivity index (χ1) is 6.79. The van der Waals surface area contributed by atoms with Gasteiger partial charge in [-0.15, -0.1) is 0 Å². The fourth-order valence-electron chi connectivity index (χ4n) is 0.856. The van der Waals surface area contributed by atoms with Crippen molar-refractivity contribution in [3.05, 3.63) is 60.7 Å². The van der Waals surface area contributed by atoms with Gasteiger partial charge in [0.15, 0.2) is 0 Å². The molecular weight excluding hydrogens is 192 g/mol. The second-order valence-corrected chi connectivity index (χ2v) is 2.67. The molecule has 2 aromatic carbocycles. The molecule has 3 nitrogen and oxygen atoms in total. The molecule has 0 aliphatic carbocycles. The molecule has 0 unspecified atom stereocenters. The van der Waals surface area contributed by atoms with Gasteiger partial charge in [0.2, 0.25) is 0 Å². The van der Waals surface area contributed by atoms with E-state index in [-0.39, 0.29) is 5.48 Å². The van der Waals surface area contributed by atoms with Gasteiger partial charge in [-0.1, -0.05) is 36.4 Å². The molecule has 0 spiro atoms. The van der Waals surface area contributed by atoms with Gasteiger partial charge >= 0.3 is 0 Å². The van der Waals surface area contributed by atoms with Crippen LogP contribution >= 0.6 is 0 Å². The van der Waals surface area contributed by atoms with E-state index in [0.29, 0.717) is 11.5 Å². The Labute approximate surface area is 88.6 Å². The molecule has 0 aliphatic rings. The minimum atomic E-state index is 0. The zero-order valence-corrected chi connectivity index (χ0v) is 8.08. The van der Waals surface area contributed by atoms with Gasteiger partial charge in [0.05, 0.1) is 0 Å². The van der Waals surface area contributed by atoms with Crippen molar-refractivity contribution in [1.82, 2.24) is 0 Å². The van der Waals surface area contributed by atoms with Crippen molar-refractivity contribution in [1.29, 1.82) is 0 Å². The number of aromatic hydroxyl groups is 2. The molecule has 0 saturated heterocycles. The highest BCUT2D eigenvalue weighted by Crippen LogP contribution is 2.03. The maximum Gasteiger partial charge on any atom is 0.115 e. The Bertz CT molecular complexity index is 308. The lowest BCUT2D eigenvalue weighted by Gasteiger charge is -1.82. The second-order valence-electron chi connectivity index (χ2n) is 2.67. The SMILES string of the molecule is Oc1ccccc1.Oc1ccccc1.[O]. The minimum Gasteiger partial charge on any atom is -0.508 e. The van der Waals surface area contributed by atoms with Crippen molar-refractivity contribution in [2.24, 2.45) is 0 Å². The van der Waals surface area contributed by atoms with Gasteiger partial charge in [0.1, 0.15) is 11.5 Å². The van der Waals surface area contributed by atoms with Gasteiger partial charge in [-0.2, -0.15) is 0 Å². The molecule has 2 N–H and O–H groups in total. The van der Waals surface area contributed by atoms with Gasteiger partial charge < -0.3 is 10.2 Å². The number of phenols is 2. The highest BCUT2D eigenvalue weighted by Gasteiger charge is 1.75. The minimum absolute atomic E-state index is 0. The molecule has 3 heteroatoms. The molecule has 0 heterocycles. The predicted molar refractivity (Wildman–Crippen MR) is 56.9 cm³/mol. The quantitative estimate of drug-likeness (QED) is 0.692. The van der Waals surface area contributed by atoms with E-state index in [1.807, 2.05) is 12.1 Å². The Morgan fingerprint density at radius 3 is 0.933 bits per heavy atom. The maximum atomic E-state index is 8.63. The first kappa shape index (κ1) is 13.0. The zero-order valence-electron chi connectivity index (χ0n) is 8.08. The van der Waals surface area contributed by atoms with Gasteiger partial charge in [-0.05, 0) is 24.3 Å². The molecule has 0 aliphatic heterocycles. The number of para-hydroxylation sites is 2. The summed E-state index contributed by atoms with van der Waals surface area (Å²) in [5.74, 6) is 0.644. The molecule has 0 aromatic heterocycles. The summed E-state index contributed by atoms with van der Waals surface area (Å²) >= 11 is 0. The Kier molecular flexibility index (Phi) is 6.42. The summed E-state index contributed by atoms with van der Waals surface area (Å²) in [6.45, 7) is 0. The van der Waals surface area contributed by atoms with Crippen molar-refractivity contribution >= 4 is 0 Å². The molecule has 0 saturated carbocycles. The second kappa shape index (κ2) is 7.41. The average molecular weight is 204 g/mol. The molecule has 2 rings (SSSR count). The summed E-state index contributed by atoms with van der Waals surface area (Å²) in [6, 6.07) is 17.4. The third kappa shape index (κ3) is 6.12. The lowest BCUT2D eigenvalue weighted by molar-refractivity contribution is 0.475. The number of hydrogen-bond donors (Lipinski definition) is 2. The van der Waals surface area contributed by atoms with Crippen LogP contribution in [0.2, 0.25) is 0 Å². The standard InChI is InChI=1S/2C6H6O.O/c2*7-6-4-2-1-3-5-6;/h2*1-5,7H;. The molecule has 0 atom stereocenters. The van der Waals surface area contributed by atoms with Crippen LogP contribution in [-0.2, 0) is 5.48 Å². The molecule has 15 heavy (non-hydrogen) atoms. The van der Waals surface area contributed by atoms with E-state index < -0.39 is 0 Å². The predicted octanol–water partition coefficient (Wildman–Crippen LogP) is 2.67. The largest absolute Gasteiger partial charge is 0.508 e. The Balaban J connectivity index is 0.000000245. The van der Waals surface area contributed by atoms with Crippen LogP contribution in [0, 0.1) is 0 Å². The van der Waals surface area contributed by atoms with Crippen LogP contribution in [0.1, 0.15) is 0 Å². The Hall–Kier alpha value is -2.00. The first-order valence-electron chi connectivity index (χ1n) is 4.27. The molecule has 0 amide bonds. The smallest absolute Gasteiger partial charge is 0.115 e. The van der Waals surface area contributed by atoms with E-state index >= 15 is 0 Å². The molecule has 0 fully saturated rings. The summed E-state index contributed by atoms with van der Waals surface area (Å²) in [7, 11) is 0. The number of rotatable bonds is 0. The highest BCUT2D eigenvalue weighted by atomic mass is 16.3. The van der Waals surface area contributed by atoms with Crippen molar-refractivity contribution in [2.45, 2.75) is 0 Å². The highest BCUT2D eigenvalue weighted by molar-refractivity contribution is 5.19. The monoisotopic (exact) mass is 204 g/mol. The molecular formula is C12H12O3. The van der Waals surface area contributed by atoms with E-state index in [4.69, 9.17) is 10.2 Å². The van der Waals surface area contributed by atoms with E-state index in [1.165, 1.54) is 0 Å². The Morgan fingerprint density at radius 2 is 0.800 bits per heavy atom. The van der Waals surface area contributed by atoms with E-state index in [9.17, 15) is 0 Å². The maximum absolute atomic E-state index is 8.63. The summed E-state index contributed by atoms with van der Waals surface area (Å²) < 4.78 is 0. The fourth-order valence-corrected chi connectivity index (χ4v) is 0.856. The third-order valence-electron chi connectivity index (χ3n) is 1.51. The zero-order chi connectivity index (χ0) is 10.2. The van der Waals surface area contributed by atoms with E-state index in [2.05, 4.69) is 0 Å². The van der Waals surface area contributed by atoms with Gasteiger partial charge in [-0.25, -0.2) is 0 Å². The molecule has 2 radical (unpaired) electrons. The summed E-state index contributed by atoms with van der Waals surface area (Å²) in [5, 5.41) is 17.3. The molecule has 78 valence electrons. The van der Waals surface area contributed by atoms with Gasteiger partial charge in [0.25, 0.3) is 0 Å². The van der Waals surface area contributed by atoms with Crippen molar-refractivity contribution < 1.29 is 15.7 Å². The summed E-state index contributed by atoms with van der Waals surface area (Å²) in [6.07, 6.45) is 0. The van der Waals surface area contributed by atoms with Crippen LogP contribution in [0.25, 0.3) is 0 Å². The van der Waals surface area contributed by atoms with Gasteiger partial charge in [-0.3, -0.25) is 0 Å². The van der Waals surface area contributed by atoms with Crippen LogP contribution in [-0.4, -0.2) is 10.2 Å². The van der Waals surface area contributed by atoms with Crippen LogP contribution in [0.15, 0.2) is 60.7 Å². The van der Waals surface area contributed by atoms with Crippen molar-refractivity contribution in [2.75, 3.05) is 0 Å². The third-order valence-corrected chi connectivity index (χ3v) is 1.51. The topological polar surface area (TPSA) is 69.0 Å². The molecule has 0 bridgehead atoms. The van der Waals surface area contributed by atoms with Crippen LogP contribution in [0.4, 0.5) is 0 Å². The molecule has 2 aromatic rings. The van der Waals surface area contributed by atoms with E-state index in [0.717, 1.165) is 0 Å². The van der Waals surface area contributed by atoms with Crippen LogP contribution in [0.5, 0.6) is 11.5 Å². The van der Waals surface area contributed by atoms with Crippen molar-refractivity contribution in [3.63, 3.8) is 0 Å². The summed E-state index contributed by atoms with van der Waals surface area (Å²) in [4.78, 5) is 0. The van der Waals surface area contributed by atoms with Crippen molar-refractivity contribution in [3.8, 4) is 11.5 Å². The lowest BCUT2D eigenvalue weighted by Crippen LogP contribution is -1.56. The number of hydrogen-bond acceptors (Lipinski definition) is 2. The van der Waals surface area contributed by atoms with Crippen LogP contribution in [0.3, 0.4) is 0 Å². The van der Waals surface area contributed by atoms with E-state index in [1.54, 1.807) is 48.5 Å². The lowest BCUT2D eigenvalue weighted by atomic mass is 10.3.